The summed E-state index contributed by atoms with van der Waals surface area (Å²) < 4.78 is 13.0. The van der Waals surface area contributed by atoms with Gasteiger partial charge in [0.1, 0.15) is 5.82 Å². The van der Waals surface area contributed by atoms with Crippen LogP contribution in [0.15, 0.2) is 67.0 Å². The molecule has 0 aliphatic carbocycles. The minimum atomic E-state index is -0.263. The third-order valence-corrected chi connectivity index (χ3v) is 4.24. The number of benzene rings is 2. The van der Waals surface area contributed by atoms with Crippen molar-refractivity contribution < 1.29 is 9.18 Å². The summed E-state index contributed by atoms with van der Waals surface area (Å²) in [5.74, 6) is -0.162. The molecule has 0 radical (unpaired) electrons. The van der Waals surface area contributed by atoms with Gasteiger partial charge < -0.3 is 10.6 Å². The zero-order valence-corrected chi connectivity index (χ0v) is 15.4. The first-order valence-corrected chi connectivity index (χ1v) is 8.86. The number of carbonyl (C=O) groups is 1. The van der Waals surface area contributed by atoms with Gasteiger partial charge in [-0.25, -0.2) is 4.39 Å². The van der Waals surface area contributed by atoms with E-state index < -0.39 is 0 Å². The smallest absolute Gasteiger partial charge is 0.257 e. The van der Waals surface area contributed by atoms with Crippen molar-refractivity contribution in [2.24, 2.45) is 0 Å². The normalized spacial score (nSPS) is 10.7. The summed E-state index contributed by atoms with van der Waals surface area (Å²) in [7, 11) is 0. The molecule has 5 heteroatoms. The van der Waals surface area contributed by atoms with E-state index in [1.807, 2.05) is 24.3 Å². The van der Waals surface area contributed by atoms with Gasteiger partial charge in [-0.15, -0.1) is 0 Å². The molecule has 3 rings (SSSR count). The Morgan fingerprint density at radius 2 is 1.81 bits per heavy atom. The standard InChI is InChI=1S/C22H22FN3O/c1-15(2)20-5-3-4-6-21(20)26-22(27)17-11-19(14-24-13-17)25-12-16-7-9-18(23)10-8-16/h3-11,13-15,25H,12H2,1-2H3,(H,26,27). The third kappa shape index (κ3) is 4.91. The van der Waals surface area contributed by atoms with E-state index in [-0.39, 0.29) is 11.7 Å². The van der Waals surface area contributed by atoms with E-state index in [0.29, 0.717) is 18.0 Å². The van der Waals surface area contributed by atoms with Gasteiger partial charge in [-0.05, 0) is 41.3 Å². The minimum absolute atomic E-state index is 0.207. The van der Waals surface area contributed by atoms with Gasteiger partial charge in [0, 0.05) is 24.6 Å². The molecule has 0 atom stereocenters. The lowest BCUT2D eigenvalue weighted by molar-refractivity contribution is 0.102. The zero-order chi connectivity index (χ0) is 19.2. The van der Waals surface area contributed by atoms with Gasteiger partial charge in [-0.3, -0.25) is 9.78 Å². The van der Waals surface area contributed by atoms with Gasteiger partial charge in [0.25, 0.3) is 5.91 Å². The van der Waals surface area contributed by atoms with Crippen LogP contribution in [-0.2, 0) is 6.54 Å². The highest BCUT2D eigenvalue weighted by Gasteiger charge is 2.11. The summed E-state index contributed by atoms with van der Waals surface area (Å²) in [6.45, 7) is 4.70. The monoisotopic (exact) mass is 363 g/mol. The Bertz CT molecular complexity index is 923. The summed E-state index contributed by atoms with van der Waals surface area (Å²) in [6, 6.07) is 15.8. The third-order valence-electron chi connectivity index (χ3n) is 4.24. The van der Waals surface area contributed by atoms with Crippen molar-refractivity contribution in [1.82, 2.24) is 4.98 Å². The molecule has 0 saturated carbocycles. The maximum absolute atomic E-state index is 13.0. The number of nitrogens with one attached hydrogen (secondary N) is 2. The lowest BCUT2D eigenvalue weighted by atomic mass is 10.0. The first-order chi connectivity index (χ1) is 13.0. The topological polar surface area (TPSA) is 54.0 Å². The van der Waals surface area contributed by atoms with Crippen molar-refractivity contribution in [3.05, 3.63) is 89.5 Å². The number of rotatable bonds is 6. The van der Waals surface area contributed by atoms with Gasteiger partial charge in [0.15, 0.2) is 0 Å². The number of para-hydroxylation sites is 1. The predicted octanol–water partition coefficient (Wildman–Crippen LogP) is 5.21. The Morgan fingerprint density at radius 1 is 1.07 bits per heavy atom. The Morgan fingerprint density at radius 3 is 2.56 bits per heavy atom. The molecule has 0 saturated heterocycles. The molecular weight excluding hydrogens is 341 g/mol. The number of halogens is 1. The molecule has 0 spiro atoms. The van der Waals surface area contributed by atoms with Crippen LogP contribution in [-0.4, -0.2) is 10.9 Å². The number of hydrogen-bond acceptors (Lipinski definition) is 3. The number of nitrogens with zero attached hydrogens (tertiary/aromatic N) is 1. The molecule has 0 bridgehead atoms. The van der Waals surface area contributed by atoms with E-state index in [0.717, 1.165) is 22.5 Å². The van der Waals surface area contributed by atoms with Gasteiger partial charge in [0.2, 0.25) is 0 Å². The van der Waals surface area contributed by atoms with Crippen molar-refractivity contribution in [2.75, 3.05) is 10.6 Å². The van der Waals surface area contributed by atoms with Crippen LogP contribution in [0.25, 0.3) is 0 Å². The number of hydrogen-bond donors (Lipinski definition) is 2. The average molecular weight is 363 g/mol. The first-order valence-electron chi connectivity index (χ1n) is 8.86. The molecule has 2 N–H and O–H groups in total. The number of aromatic nitrogens is 1. The van der Waals surface area contributed by atoms with Crippen LogP contribution in [0.2, 0.25) is 0 Å². The molecule has 0 unspecified atom stereocenters. The Balaban J connectivity index is 1.69. The second-order valence-electron chi connectivity index (χ2n) is 6.64. The van der Waals surface area contributed by atoms with Crippen LogP contribution in [0.1, 0.15) is 41.3 Å². The summed E-state index contributed by atoms with van der Waals surface area (Å²) >= 11 is 0. The summed E-state index contributed by atoms with van der Waals surface area (Å²) in [4.78, 5) is 16.8. The highest BCUT2D eigenvalue weighted by Crippen LogP contribution is 2.24. The van der Waals surface area contributed by atoms with E-state index in [1.165, 1.54) is 18.3 Å². The number of pyridine rings is 1. The summed E-state index contributed by atoms with van der Waals surface area (Å²) in [6.07, 6.45) is 3.19. The van der Waals surface area contributed by atoms with Gasteiger partial charge in [0.05, 0.1) is 11.3 Å². The van der Waals surface area contributed by atoms with Crippen LogP contribution in [0.4, 0.5) is 15.8 Å². The first kappa shape index (κ1) is 18.6. The van der Waals surface area contributed by atoms with Gasteiger partial charge in [-0.2, -0.15) is 0 Å². The van der Waals surface area contributed by atoms with E-state index in [1.54, 1.807) is 24.4 Å². The van der Waals surface area contributed by atoms with Crippen molar-refractivity contribution in [1.29, 1.82) is 0 Å². The quantitative estimate of drug-likeness (QED) is 0.632. The van der Waals surface area contributed by atoms with Crippen molar-refractivity contribution in [3.8, 4) is 0 Å². The Hall–Kier alpha value is -3.21. The van der Waals surface area contributed by atoms with Crippen LogP contribution in [0.5, 0.6) is 0 Å². The van der Waals surface area contributed by atoms with E-state index in [2.05, 4.69) is 29.5 Å². The fraction of sp³-hybridized carbons (Fsp3) is 0.182. The Labute approximate surface area is 158 Å². The highest BCUT2D eigenvalue weighted by atomic mass is 19.1. The SMILES string of the molecule is CC(C)c1ccccc1NC(=O)c1cncc(NCc2ccc(F)cc2)c1. The fourth-order valence-corrected chi connectivity index (χ4v) is 2.78. The van der Waals surface area contributed by atoms with Gasteiger partial charge in [-0.1, -0.05) is 44.2 Å². The molecular formula is C22H22FN3O. The minimum Gasteiger partial charge on any atom is -0.380 e. The molecule has 0 aliphatic rings. The maximum atomic E-state index is 13.0. The molecule has 0 fully saturated rings. The van der Waals surface area contributed by atoms with Crippen molar-refractivity contribution in [3.63, 3.8) is 0 Å². The van der Waals surface area contributed by atoms with Crippen LogP contribution >= 0.6 is 0 Å². The summed E-state index contributed by atoms with van der Waals surface area (Å²) in [5, 5.41) is 6.17. The van der Waals surface area contributed by atoms with Crippen molar-refractivity contribution >= 4 is 17.3 Å². The molecule has 2 aromatic carbocycles. The highest BCUT2D eigenvalue weighted by molar-refractivity contribution is 6.05. The average Bonchev–Trinajstić information content (AvgIpc) is 2.68. The maximum Gasteiger partial charge on any atom is 0.257 e. The van der Waals surface area contributed by atoms with E-state index in [4.69, 9.17) is 0 Å². The molecule has 1 heterocycles. The van der Waals surface area contributed by atoms with E-state index >= 15 is 0 Å². The zero-order valence-electron chi connectivity index (χ0n) is 15.4. The fourth-order valence-electron chi connectivity index (χ4n) is 2.78. The largest absolute Gasteiger partial charge is 0.380 e. The second kappa shape index (κ2) is 8.45. The molecule has 1 aromatic heterocycles. The summed E-state index contributed by atoms with van der Waals surface area (Å²) in [5.41, 5.74) is 4.03. The lowest BCUT2D eigenvalue weighted by Crippen LogP contribution is -2.14. The van der Waals surface area contributed by atoms with Crippen LogP contribution in [0, 0.1) is 5.82 Å². The molecule has 1 amide bonds. The lowest BCUT2D eigenvalue weighted by Gasteiger charge is -2.14. The molecule has 4 nitrogen and oxygen atoms in total. The number of carbonyl (C=O) groups excluding carboxylic acids is 1. The molecule has 138 valence electrons. The van der Waals surface area contributed by atoms with Crippen LogP contribution in [0.3, 0.4) is 0 Å². The Kier molecular flexibility index (Phi) is 5.81. The number of amides is 1. The number of anilines is 2. The molecule has 27 heavy (non-hydrogen) atoms. The molecule has 0 aliphatic heterocycles. The van der Waals surface area contributed by atoms with Gasteiger partial charge >= 0.3 is 0 Å². The predicted molar refractivity (Wildman–Crippen MR) is 106 cm³/mol. The molecule has 3 aromatic rings. The van der Waals surface area contributed by atoms with Crippen molar-refractivity contribution in [2.45, 2.75) is 26.3 Å². The second-order valence-corrected chi connectivity index (χ2v) is 6.64. The van der Waals surface area contributed by atoms with E-state index in [9.17, 15) is 9.18 Å². The van der Waals surface area contributed by atoms with Crippen LogP contribution < -0.4 is 10.6 Å².